The zero-order valence-corrected chi connectivity index (χ0v) is 11.8. The SMILES string of the molecule is COc1c(C)cc(SP(=O)(Cl)Cl)cc1C. The van der Waals surface area contributed by atoms with Crippen molar-refractivity contribution in [2.75, 3.05) is 7.11 Å². The molecule has 1 aromatic carbocycles. The molecule has 0 aliphatic rings. The van der Waals surface area contributed by atoms with Crippen molar-refractivity contribution in [3.8, 4) is 5.75 Å². The molecule has 84 valence electrons. The van der Waals surface area contributed by atoms with E-state index in [0.717, 1.165) is 33.2 Å². The van der Waals surface area contributed by atoms with Crippen molar-refractivity contribution >= 4 is 38.9 Å². The van der Waals surface area contributed by atoms with Gasteiger partial charge in [-0.2, -0.15) is 0 Å². The van der Waals surface area contributed by atoms with E-state index in [9.17, 15) is 4.57 Å². The van der Waals surface area contributed by atoms with Gasteiger partial charge < -0.3 is 4.74 Å². The number of hydrogen-bond donors (Lipinski definition) is 0. The molecule has 0 N–H and O–H groups in total. The molecule has 0 radical (unpaired) electrons. The number of ether oxygens (including phenoxy) is 1. The normalized spacial score (nSPS) is 11.5. The van der Waals surface area contributed by atoms with Crippen LogP contribution in [0.4, 0.5) is 0 Å². The quantitative estimate of drug-likeness (QED) is 0.732. The Labute approximate surface area is 103 Å². The molecule has 0 saturated carbocycles. The highest BCUT2D eigenvalue weighted by molar-refractivity contribution is 8.72. The molecule has 1 rings (SSSR count). The maximum absolute atomic E-state index is 11.2. The minimum absolute atomic E-state index is 0.791. The summed E-state index contributed by atoms with van der Waals surface area (Å²) >= 11 is 12.0. The number of halogens is 2. The van der Waals surface area contributed by atoms with Crippen molar-refractivity contribution in [3.05, 3.63) is 23.3 Å². The molecule has 0 heterocycles. The first-order valence-corrected chi connectivity index (χ1v) is 9.11. The van der Waals surface area contributed by atoms with Gasteiger partial charge in [-0.1, -0.05) is 0 Å². The molecule has 0 saturated heterocycles. The first-order chi connectivity index (χ1) is 6.83. The second-order valence-corrected chi connectivity index (χ2v) is 11.2. The maximum atomic E-state index is 11.2. The zero-order chi connectivity index (χ0) is 11.6. The zero-order valence-electron chi connectivity index (χ0n) is 8.58. The summed E-state index contributed by atoms with van der Waals surface area (Å²) in [6, 6.07) is 3.71. The van der Waals surface area contributed by atoms with Crippen LogP contribution in [0.15, 0.2) is 17.0 Å². The summed E-state index contributed by atoms with van der Waals surface area (Å²) in [5.41, 5.74) is 1.95. The van der Waals surface area contributed by atoms with Crippen LogP contribution < -0.4 is 4.74 Å². The van der Waals surface area contributed by atoms with Crippen LogP contribution in [0.3, 0.4) is 0 Å². The van der Waals surface area contributed by atoms with Gasteiger partial charge >= 0.3 is 5.05 Å². The van der Waals surface area contributed by atoms with Crippen molar-refractivity contribution in [1.82, 2.24) is 0 Å². The van der Waals surface area contributed by atoms with E-state index in [4.69, 9.17) is 27.2 Å². The van der Waals surface area contributed by atoms with Gasteiger partial charge in [-0.3, -0.25) is 4.57 Å². The average molecular weight is 285 g/mol. The largest absolute Gasteiger partial charge is 0.496 e. The fourth-order valence-corrected chi connectivity index (χ4v) is 4.60. The molecular weight excluding hydrogens is 274 g/mol. The Hall–Kier alpha value is 0.180. The van der Waals surface area contributed by atoms with Gasteiger partial charge in [-0.25, -0.2) is 0 Å². The summed E-state index contributed by atoms with van der Waals surface area (Å²) in [5.74, 6) is 0.832. The smallest absolute Gasteiger partial charge is 0.311 e. The highest BCUT2D eigenvalue weighted by Gasteiger charge is 2.17. The number of benzene rings is 1. The fraction of sp³-hybridized carbons (Fsp3) is 0.333. The Morgan fingerprint density at radius 2 is 1.73 bits per heavy atom. The van der Waals surface area contributed by atoms with E-state index in [0.29, 0.717) is 0 Å². The number of hydrogen-bond acceptors (Lipinski definition) is 3. The maximum Gasteiger partial charge on any atom is 0.311 e. The molecule has 6 heteroatoms. The van der Waals surface area contributed by atoms with Gasteiger partial charge in [-0.05, 0) is 71.0 Å². The van der Waals surface area contributed by atoms with Gasteiger partial charge in [-0.15, -0.1) is 0 Å². The molecule has 0 fully saturated rings. The fourth-order valence-electron chi connectivity index (χ4n) is 1.41. The lowest BCUT2D eigenvalue weighted by atomic mass is 10.1. The van der Waals surface area contributed by atoms with E-state index in [2.05, 4.69) is 0 Å². The highest BCUT2D eigenvalue weighted by atomic mass is 35.9. The van der Waals surface area contributed by atoms with Crippen molar-refractivity contribution in [1.29, 1.82) is 0 Å². The molecule has 0 aromatic heterocycles. The lowest BCUT2D eigenvalue weighted by Crippen LogP contribution is -1.91. The molecule has 0 spiro atoms. The van der Waals surface area contributed by atoms with Crippen LogP contribution >= 0.6 is 38.9 Å². The standard InChI is InChI=1S/C9H11Cl2O2PS/c1-6-4-8(15-14(10,11)12)5-7(2)9(6)13-3/h4-5H,1-3H3. The minimum Gasteiger partial charge on any atom is -0.496 e. The van der Waals surface area contributed by atoms with Crippen LogP contribution in [0.2, 0.25) is 0 Å². The highest BCUT2D eigenvalue weighted by Crippen LogP contribution is 2.70. The van der Waals surface area contributed by atoms with Gasteiger partial charge in [0.05, 0.1) is 7.11 Å². The Bertz CT molecular complexity index is 394. The van der Waals surface area contributed by atoms with E-state index in [1.165, 1.54) is 0 Å². The second-order valence-electron chi connectivity index (χ2n) is 3.10. The third kappa shape index (κ3) is 3.92. The van der Waals surface area contributed by atoms with Crippen LogP contribution in [-0.4, -0.2) is 7.11 Å². The predicted molar refractivity (Wildman–Crippen MR) is 67.6 cm³/mol. The molecule has 2 nitrogen and oxygen atoms in total. The van der Waals surface area contributed by atoms with E-state index in [1.54, 1.807) is 7.11 Å². The number of rotatable bonds is 3. The van der Waals surface area contributed by atoms with Crippen molar-refractivity contribution < 1.29 is 9.30 Å². The average Bonchev–Trinajstić information content (AvgIpc) is 1.99. The van der Waals surface area contributed by atoms with Gasteiger partial charge in [0.15, 0.2) is 0 Å². The lowest BCUT2D eigenvalue weighted by Gasteiger charge is -2.10. The Balaban J connectivity index is 3.09. The van der Waals surface area contributed by atoms with E-state index in [1.807, 2.05) is 26.0 Å². The molecular formula is C9H11Cl2O2PS. The second kappa shape index (κ2) is 5.01. The third-order valence-electron chi connectivity index (χ3n) is 1.85. The summed E-state index contributed by atoms with van der Waals surface area (Å²) < 4.78 is 16.4. The topological polar surface area (TPSA) is 26.3 Å². The van der Waals surface area contributed by atoms with Crippen molar-refractivity contribution in [2.24, 2.45) is 0 Å². The summed E-state index contributed by atoms with van der Waals surface area (Å²) in [7, 11) is 1.62. The molecule has 1 aromatic rings. The van der Waals surface area contributed by atoms with E-state index in [-0.39, 0.29) is 0 Å². The number of aryl methyl sites for hydroxylation is 2. The first kappa shape index (κ1) is 13.2. The van der Waals surface area contributed by atoms with Crippen LogP contribution in [-0.2, 0) is 4.57 Å². The monoisotopic (exact) mass is 284 g/mol. The predicted octanol–water partition coefficient (Wildman–Crippen LogP) is 4.99. The Morgan fingerprint density at radius 1 is 1.27 bits per heavy atom. The van der Waals surface area contributed by atoms with Gasteiger partial charge in [0, 0.05) is 4.90 Å². The molecule has 0 atom stereocenters. The Kier molecular flexibility index (Phi) is 4.42. The Morgan fingerprint density at radius 3 is 2.07 bits per heavy atom. The van der Waals surface area contributed by atoms with Crippen LogP contribution in [0, 0.1) is 13.8 Å². The first-order valence-electron chi connectivity index (χ1n) is 4.17. The van der Waals surface area contributed by atoms with Crippen molar-refractivity contribution in [3.63, 3.8) is 0 Å². The van der Waals surface area contributed by atoms with Gasteiger partial charge in [0.1, 0.15) is 5.75 Å². The molecule has 15 heavy (non-hydrogen) atoms. The molecule has 0 bridgehead atoms. The summed E-state index contributed by atoms with van der Waals surface area (Å²) in [4.78, 5) is 0.791. The van der Waals surface area contributed by atoms with Crippen LogP contribution in [0.1, 0.15) is 11.1 Å². The molecule has 0 unspecified atom stereocenters. The van der Waals surface area contributed by atoms with Crippen LogP contribution in [0.25, 0.3) is 0 Å². The van der Waals surface area contributed by atoms with Crippen molar-refractivity contribution in [2.45, 2.75) is 18.7 Å². The number of methoxy groups -OCH3 is 1. The molecule has 0 aliphatic heterocycles. The molecule has 0 amide bonds. The lowest BCUT2D eigenvalue weighted by molar-refractivity contribution is 0.408. The van der Waals surface area contributed by atoms with Gasteiger partial charge in [0.2, 0.25) is 0 Å². The summed E-state index contributed by atoms with van der Waals surface area (Å²) in [6.07, 6.45) is 0. The molecule has 0 aliphatic carbocycles. The van der Waals surface area contributed by atoms with E-state index >= 15 is 0 Å². The summed E-state index contributed by atoms with van der Waals surface area (Å²) in [5, 5.41) is -3.13. The third-order valence-corrected chi connectivity index (χ3v) is 5.02. The van der Waals surface area contributed by atoms with Crippen LogP contribution in [0.5, 0.6) is 5.75 Å². The minimum atomic E-state index is -3.13. The summed E-state index contributed by atoms with van der Waals surface area (Å²) in [6.45, 7) is 3.84. The van der Waals surface area contributed by atoms with Gasteiger partial charge in [0.25, 0.3) is 0 Å². The van der Waals surface area contributed by atoms with E-state index < -0.39 is 5.05 Å².